The maximum absolute atomic E-state index is 12.4. The number of nitrogens with zero attached hydrogens (tertiary/aromatic N) is 3. The quantitative estimate of drug-likeness (QED) is 0.839. The predicted molar refractivity (Wildman–Crippen MR) is 99.3 cm³/mol. The number of imidazole rings is 1. The van der Waals surface area contributed by atoms with E-state index in [1.54, 1.807) is 37.8 Å². The molecule has 0 spiro atoms. The van der Waals surface area contributed by atoms with Gasteiger partial charge >= 0.3 is 6.09 Å². The van der Waals surface area contributed by atoms with Crippen molar-refractivity contribution in [2.75, 3.05) is 19.6 Å². The molecule has 0 radical (unpaired) electrons. The first kappa shape index (κ1) is 18.8. The van der Waals surface area contributed by atoms with Crippen LogP contribution in [0.4, 0.5) is 4.79 Å². The Labute approximate surface area is 161 Å². The lowest BCUT2D eigenvalue weighted by Gasteiger charge is -2.34. The summed E-state index contributed by atoms with van der Waals surface area (Å²) in [6, 6.07) is 3.36. The van der Waals surface area contributed by atoms with E-state index >= 15 is 0 Å². The fourth-order valence-corrected chi connectivity index (χ4v) is 3.24. The van der Waals surface area contributed by atoms with Crippen LogP contribution in [0.25, 0.3) is 11.0 Å². The summed E-state index contributed by atoms with van der Waals surface area (Å²) in [5.74, 6) is 0.454. The second kappa shape index (κ2) is 6.96. The average molecular weight is 399 g/mol. The molecule has 1 aliphatic rings. The number of H-pyrrole nitrogens is 1. The van der Waals surface area contributed by atoms with E-state index in [-0.39, 0.29) is 12.5 Å². The van der Waals surface area contributed by atoms with E-state index < -0.39 is 11.7 Å². The number of nitrogens with one attached hydrogen (secondary N) is 1. The molecule has 1 fully saturated rings. The van der Waals surface area contributed by atoms with Gasteiger partial charge in [-0.15, -0.1) is 0 Å². The van der Waals surface area contributed by atoms with Crippen molar-refractivity contribution in [3.63, 3.8) is 0 Å². The molecular formula is C17H20Cl2N4O3. The highest BCUT2D eigenvalue weighted by atomic mass is 35.5. The van der Waals surface area contributed by atoms with Gasteiger partial charge < -0.3 is 14.6 Å². The van der Waals surface area contributed by atoms with Crippen molar-refractivity contribution in [1.29, 1.82) is 0 Å². The summed E-state index contributed by atoms with van der Waals surface area (Å²) < 4.78 is 5.31. The van der Waals surface area contributed by atoms with Gasteiger partial charge in [0.15, 0.2) is 0 Å². The molecule has 0 atom stereocenters. The minimum absolute atomic E-state index is 0.0122. The first-order valence-electron chi connectivity index (χ1n) is 8.22. The standard InChI is InChI=1S/C17H20Cl2N4O3/c1-17(2,3)26-16(25)23-5-4-22(14(24)9-23)8-13-20-12-7-10(18)6-11(19)15(12)21-13/h6-7H,4-5,8-9H2,1-3H3,(H,20,21). The zero-order valence-corrected chi connectivity index (χ0v) is 16.3. The number of rotatable bonds is 2. The van der Waals surface area contributed by atoms with Gasteiger partial charge in [0.2, 0.25) is 5.91 Å². The number of piperazine rings is 1. The topological polar surface area (TPSA) is 78.5 Å². The lowest BCUT2D eigenvalue weighted by Crippen LogP contribution is -2.52. The number of halogens is 2. The summed E-state index contributed by atoms with van der Waals surface area (Å²) in [7, 11) is 0. The Balaban J connectivity index is 1.66. The van der Waals surface area contributed by atoms with Crippen molar-refractivity contribution in [2.45, 2.75) is 32.9 Å². The van der Waals surface area contributed by atoms with Crippen LogP contribution < -0.4 is 0 Å². The molecule has 1 aromatic heterocycles. The van der Waals surface area contributed by atoms with Gasteiger partial charge in [0, 0.05) is 18.1 Å². The Kier molecular flexibility index (Phi) is 5.03. The highest BCUT2D eigenvalue weighted by Crippen LogP contribution is 2.26. The number of hydrogen-bond acceptors (Lipinski definition) is 4. The van der Waals surface area contributed by atoms with Crippen LogP contribution in [-0.2, 0) is 16.1 Å². The molecule has 3 rings (SSSR count). The summed E-state index contributed by atoms with van der Waals surface area (Å²) >= 11 is 12.1. The van der Waals surface area contributed by atoms with E-state index in [9.17, 15) is 9.59 Å². The Morgan fingerprint density at radius 2 is 2.04 bits per heavy atom. The molecule has 1 aliphatic heterocycles. The summed E-state index contributed by atoms with van der Waals surface area (Å²) in [4.78, 5) is 35.1. The van der Waals surface area contributed by atoms with Crippen LogP contribution in [-0.4, -0.2) is 57.0 Å². The normalized spacial score (nSPS) is 15.7. The minimum Gasteiger partial charge on any atom is -0.444 e. The molecule has 7 nitrogen and oxygen atoms in total. The predicted octanol–water partition coefficient (Wildman–Crippen LogP) is 3.45. The molecule has 2 amide bonds. The van der Waals surface area contributed by atoms with E-state index in [1.807, 2.05) is 0 Å². The maximum Gasteiger partial charge on any atom is 0.410 e. The van der Waals surface area contributed by atoms with Gasteiger partial charge in [-0.25, -0.2) is 9.78 Å². The molecule has 9 heteroatoms. The highest BCUT2D eigenvalue weighted by molar-refractivity contribution is 6.38. The smallest absolute Gasteiger partial charge is 0.410 e. The number of aromatic amines is 1. The van der Waals surface area contributed by atoms with Crippen LogP contribution >= 0.6 is 23.2 Å². The van der Waals surface area contributed by atoms with Crippen molar-refractivity contribution in [3.05, 3.63) is 28.0 Å². The Bertz CT molecular complexity index is 860. The largest absolute Gasteiger partial charge is 0.444 e. The second-order valence-corrected chi connectivity index (χ2v) is 8.03. The van der Waals surface area contributed by atoms with Crippen LogP contribution in [0.3, 0.4) is 0 Å². The fraction of sp³-hybridized carbons (Fsp3) is 0.471. The van der Waals surface area contributed by atoms with Gasteiger partial charge in [0.25, 0.3) is 0 Å². The summed E-state index contributed by atoms with van der Waals surface area (Å²) in [5.41, 5.74) is 0.745. The molecule has 26 heavy (non-hydrogen) atoms. The summed E-state index contributed by atoms with van der Waals surface area (Å²) in [6.07, 6.45) is -0.476. The van der Waals surface area contributed by atoms with Crippen LogP contribution in [0.1, 0.15) is 26.6 Å². The van der Waals surface area contributed by atoms with Crippen LogP contribution in [0.15, 0.2) is 12.1 Å². The minimum atomic E-state index is -0.591. The van der Waals surface area contributed by atoms with Crippen molar-refractivity contribution in [1.82, 2.24) is 19.8 Å². The number of fused-ring (bicyclic) bond motifs is 1. The number of hydrogen-bond donors (Lipinski definition) is 1. The Hall–Kier alpha value is -1.99. The third-order valence-corrected chi connectivity index (χ3v) is 4.37. The monoisotopic (exact) mass is 398 g/mol. The fourth-order valence-electron chi connectivity index (χ4n) is 2.71. The van der Waals surface area contributed by atoms with Gasteiger partial charge in [-0.2, -0.15) is 0 Å². The van der Waals surface area contributed by atoms with Crippen LogP contribution in [0, 0.1) is 0 Å². The van der Waals surface area contributed by atoms with Crippen molar-refractivity contribution in [2.24, 2.45) is 0 Å². The van der Waals surface area contributed by atoms with E-state index in [4.69, 9.17) is 27.9 Å². The summed E-state index contributed by atoms with van der Waals surface area (Å²) in [6.45, 7) is 6.49. The van der Waals surface area contributed by atoms with Gasteiger partial charge in [-0.05, 0) is 32.9 Å². The highest BCUT2D eigenvalue weighted by Gasteiger charge is 2.30. The van der Waals surface area contributed by atoms with Crippen LogP contribution in [0.2, 0.25) is 10.0 Å². The summed E-state index contributed by atoms with van der Waals surface area (Å²) in [5, 5.41) is 0.968. The SMILES string of the molecule is CC(C)(C)OC(=O)N1CCN(Cc2nc3c(Cl)cc(Cl)cc3[nH]2)C(=O)C1. The number of benzene rings is 1. The zero-order chi connectivity index (χ0) is 19.1. The van der Waals surface area contributed by atoms with Crippen molar-refractivity contribution < 1.29 is 14.3 Å². The molecule has 1 aromatic carbocycles. The average Bonchev–Trinajstić information content (AvgIpc) is 2.90. The van der Waals surface area contributed by atoms with E-state index in [0.29, 0.717) is 41.0 Å². The molecule has 0 bridgehead atoms. The third kappa shape index (κ3) is 4.22. The Morgan fingerprint density at radius 1 is 1.31 bits per heavy atom. The van der Waals surface area contributed by atoms with Crippen molar-refractivity contribution >= 4 is 46.2 Å². The number of aromatic nitrogens is 2. The van der Waals surface area contributed by atoms with E-state index in [1.165, 1.54) is 4.90 Å². The van der Waals surface area contributed by atoms with Crippen LogP contribution in [0.5, 0.6) is 0 Å². The van der Waals surface area contributed by atoms with E-state index in [2.05, 4.69) is 9.97 Å². The number of carbonyl (C=O) groups is 2. The molecular weight excluding hydrogens is 379 g/mol. The molecule has 140 valence electrons. The lowest BCUT2D eigenvalue weighted by atomic mass is 10.2. The second-order valence-electron chi connectivity index (χ2n) is 7.18. The zero-order valence-electron chi connectivity index (χ0n) is 14.8. The molecule has 2 heterocycles. The molecule has 0 aliphatic carbocycles. The number of amides is 2. The maximum atomic E-state index is 12.4. The van der Waals surface area contributed by atoms with Gasteiger partial charge in [0.05, 0.1) is 17.1 Å². The number of ether oxygens (including phenoxy) is 1. The lowest BCUT2D eigenvalue weighted by molar-refractivity contribution is -0.136. The molecule has 0 saturated carbocycles. The first-order chi connectivity index (χ1) is 12.1. The van der Waals surface area contributed by atoms with E-state index in [0.717, 1.165) is 5.52 Å². The molecule has 0 unspecified atom stereocenters. The van der Waals surface area contributed by atoms with Gasteiger partial charge in [-0.3, -0.25) is 9.69 Å². The molecule has 1 N–H and O–H groups in total. The van der Waals surface area contributed by atoms with Gasteiger partial charge in [-0.1, -0.05) is 23.2 Å². The molecule has 2 aromatic rings. The van der Waals surface area contributed by atoms with Gasteiger partial charge in [0.1, 0.15) is 23.5 Å². The number of carbonyl (C=O) groups excluding carboxylic acids is 2. The Morgan fingerprint density at radius 3 is 2.69 bits per heavy atom. The molecule has 1 saturated heterocycles. The third-order valence-electron chi connectivity index (χ3n) is 3.86. The first-order valence-corrected chi connectivity index (χ1v) is 8.97. The van der Waals surface area contributed by atoms with Crippen molar-refractivity contribution in [3.8, 4) is 0 Å².